The molecule has 3 rings (SSSR count). The van der Waals surface area contributed by atoms with Crippen molar-refractivity contribution in [2.45, 2.75) is 13.0 Å². The number of likely N-dealkylation sites (N-methyl/N-ethyl adjacent to an activating group) is 1. The minimum atomic E-state index is -0.311. The fraction of sp³-hybridized carbons (Fsp3) is 0.316. The van der Waals surface area contributed by atoms with Crippen molar-refractivity contribution in [1.82, 2.24) is 4.90 Å². The van der Waals surface area contributed by atoms with E-state index < -0.39 is 0 Å². The van der Waals surface area contributed by atoms with E-state index in [1.807, 2.05) is 31.0 Å². The number of nitrogens with zero attached hydrogens (tertiary/aromatic N) is 1. The number of amides is 1. The lowest BCUT2D eigenvalue weighted by Gasteiger charge is -2.24. The molecule has 7 heteroatoms. The molecule has 0 saturated heterocycles. The molecule has 0 radical (unpaired) electrons. The van der Waals surface area contributed by atoms with Crippen LogP contribution in [0.5, 0.6) is 17.2 Å². The summed E-state index contributed by atoms with van der Waals surface area (Å²) in [5.41, 5.74) is 0.678. The number of hydrogen-bond acceptors (Lipinski definition) is 5. The molecule has 1 amide bonds. The van der Waals surface area contributed by atoms with Gasteiger partial charge in [-0.1, -0.05) is 11.6 Å². The maximum Gasteiger partial charge on any atom is 0.241 e. The van der Waals surface area contributed by atoms with Gasteiger partial charge in [-0.15, -0.1) is 0 Å². The maximum atomic E-state index is 12.4. The molecule has 1 heterocycles. The summed E-state index contributed by atoms with van der Waals surface area (Å²) in [6.45, 7) is 3.14. The van der Waals surface area contributed by atoms with Crippen LogP contribution in [-0.4, -0.2) is 43.8 Å². The number of halogens is 1. The summed E-state index contributed by atoms with van der Waals surface area (Å²) < 4.78 is 16.3. The highest BCUT2D eigenvalue weighted by molar-refractivity contribution is 6.30. The van der Waals surface area contributed by atoms with E-state index in [-0.39, 0.29) is 18.7 Å². The van der Waals surface area contributed by atoms with Crippen molar-refractivity contribution < 1.29 is 19.0 Å². The standard InChI is InChI=1S/C19H21ClN2O4/c1-13(22(2)9-10-24-16-6-3-14(20)4-7-16)19(23)21-15-5-8-17-18(11-15)26-12-25-17/h3-8,11,13H,9-10,12H2,1-2H3,(H,21,23). The van der Waals surface area contributed by atoms with Gasteiger partial charge in [-0.05, 0) is 50.4 Å². The van der Waals surface area contributed by atoms with Gasteiger partial charge in [0, 0.05) is 23.3 Å². The number of hydrogen-bond donors (Lipinski definition) is 1. The SMILES string of the molecule is CC(C(=O)Nc1ccc2c(c1)OCO2)N(C)CCOc1ccc(Cl)cc1. The van der Waals surface area contributed by atoms with E-state index in [2.05, 4.69) is 5.32 Å². The highest BCUT2D eigenvalue weighted by Crippen LogP contribution is 2.34. The molecule has 0 fully saturated rings. The Labute approximate surface area is 157 Å². The molecular formula is C19H21ClN2O4. The van der Waals surface area contributed by atoms with Crippen LogP contribution in [0.15, 0.2) is 42.5 Å². The van der Waals surface area contributed by atoms with Crippen LogP contribution in [0.25, 0.3) is 0 Å². The van der Waals surface area contributed by atoms with Gasteiger partial charge >= 0.3 is 0 Å². The van der Waals surface area contributed by atoms with Crippen LogP contribution >= 0.6 is 11.6 Å². The van der Waals surface area contributed by atoms with E-state index in [0.717, 1.165) is 5.75 Å². The average Bonchev–Trinajstić information content (AvgIpc) is 3.10. The Kier molecular flexibility index (Phi) is 5.85. The number of rotatable bonds is 7. The Morgan fingerprint density at radius 3 is 2.73 bits per heavy atom. The van der Waals surface area contributed by atoms with E-state index in [1.54, 1.807) is 30.3 Å². The van der Waals surface area contributed by atoms with Crippen molar-refractivity contribution in [1.29, 1.82) is 0 Å². The smallest absolute Gasteiger partial charge is 0.241 e. The van der Waals surface area contributed by atoms with Crippen LogP contribution in [-0.2, 0) is 4.79 Å². The first-order valence-corrected chi connectivity index (χ1v) is 8.70. The summed E-state index contributed by atoms with van der Waals surface area (Å²) in [5.74, 6) is 1.98. The molecule has 6 nitrogen and oxygen atoms in total. The monoisotopic (exact) mass is 376 g/mol. The van der Waals surface area contributed by atoms with Crippen LogP contribution in [0, 0.1) is 0 Å². The van der Waals surface area contributed by atoms with Crippen LogP contribution in [0.4, 0.5) is 5.69 Å². The molecule has 0 saturated carbocycles. The summed E-state index contributed by atoms with van der Waals surface area (Å²) in [5, 5.41) is 3.56. The van der Waals surface area contributed by atoms with Crippen LogP contribution < -0.4 is 19.5 Å². The summed E-state index contributed by atoms with van der Waals surface area (Å²) in [4.78, 5) is 14.4. The first kappa shape index (κ1) is 18.4. The zero-order valence-electron chi connectivity index (χ0n) is 14.7. The summed E-state index contributed by atoms with van der Waals surface area (Å²) in [6, 6.07) is 12.2. The van der Waals surface area contributed by atoms with Gasteiger partial charge in [0.05, 0.1) is 6.04 Å². The number of ether oxygens (including phenoxy) is 3. The van der Waals surface area contributed by atoms with E-state index in [0.29, 0.717) is 35.4 Å². The van der Waals surface area contributed by atoms with Crippen molar-refractivity contribution in [2.75, 3.05) is 32.3 Å². The predicted octanol–water partition coefficient (Wildman–Crippen LogP) is 3.41. The van der Waals surface area contributed by atoms with Gasteiger partial charge in [0.1, 0.15) is 12.4 Å². The van der Waals surface area contributed by atoms with Gasteiger partial charge in [0.15, 0.2) is 11.5 Å². The molecule has 2 aromatic carbocycles. The van der Waals surface area contributed by atoms with Gasteiger partial charge in [0.2, 0.25) is 12.7 Å². The molecule has 0 spiro atoms. The minimum absolute atomic E-state index is 0.0992. The lowest BCUT2D eigenvalue weighted by atomic mass is 10.2. The second-order valence-corrected chi connectivity index (χ2v) is 6.45. The van der Waals surface area contributed by atoms with Crippen molar-refractivity contribution >= 4 is 23.2 Å². The zero-order chi connectivity index (χ0) is 18.5. The lowest BCUT2D eigenvalue weighted by molar-refractivity contribution is -0.120. The van der Waals surface area contributed by atoms with Crippen molar-refractivity contribution in [3.05, 3.63) is 47.5 Å². The number of nitrogens with one attached hydrogen (secondary N) is 1. The topological polar surface area (TPSA) is 60.0 Å². The Morgan fingerprint density at radius 1 is 1.23 bits per heavy atom. The molecule has 1 unspecified atom stereocenters. The largest absolute Gasteiger partial charge is 0.492 e. The third-order valence-corrected chi connectivity index (χ3v) is 4.46. The molecule has 1 aliphatic heterocycles. The third kappa shape index (κ3) is 4.59. The molecule has 1 atom stereocenters. The molecule has 0 aromatic heterocycles. The number of carbonyl (C=O) groups is 1. The molecule has 1 aliphatic rings. The maximum absolute atomic E-state index is 12.4. The molecule has 0 aliphatic carbocycles. The van der Waals surface area contributed by atoms with E-state index >= 15 is 0 Å². The Balaban J connectivity index is 1.47. The normalized spacial score (nSPS) is 13.5. The van der Waals surface area contributed by atoms with Crippen molar-refractivity contribution in [3.8, 4) is 17.2 Å². The van der Waals surface area contributed by atoms with Crippen LogP contribution in [0.1, 0.15) is 6.92 Å². The van der Waals surface area contributed by atoms with Gasteiger partial charge in [-0.2, -0.15) is 0 Å². The Hall–Kier alpha value is -2.44. The van der Waals surface area contributed by atoms with Gasteiger partial charge in [-0.25, -0.2) is 0 Å². The van der Waals surface area contributed by atoms with E-state index in [1.165, 1.54) is 0 Å². The fourth-order valence-electron chi connectivity index (χ4n) is 2.45. The summed E-state index contributed by atoms with van der Waals surface area (Å²) in [6.07, 6.45) is 0. The number of carbonyl (C=O) groups excluding carboxylic acids is 1. The number of anilines is 1. The predicted molar refractivity (Wildman–Crippen MR) is 100 cm³/mol. The number of fused-ring (bicyclic) bond motifs is 1. The molecule has 26 heavy (non-hydrogen) atoms. The molecule has 138 valence electrons. The van der Waals surface area contributed by atoms with Gasteiger partial charge in [-0.3, -0.25) is 9.69 Å². The Morgan fingerprint density at radius 2 is 1.96 bits per heavy atom. The minimum Gasteiger partial charge on any atom is -0.492 e. The quantitative estimate of drug-likeness (QED) is 0.802. The average molecular weight is 377 g/mol. The first-order chi connectivity index (χ1) is 12.5. The molecule has 0 bridgehead atoms. The van der Waals surface area contributed by atoms with Gasteiger partial charge < -0.3 is 19.5 Å². The highest BCUT2D eigenvalue weighted by Gasteiger charge is 2.19. The van der Waals surface area contributed by atoms with E-state index in [9.17, 15) is 4.79 Å². The van der Waals surface area contributed by atoms with Crippen molar-refractivity contribution in [2.24, 2.45) is 0 Å². The molecular weight excluding hydrogens is 356 g/mol. The molecule has 2 aromatic rings. The summed E-state index contributed by atoms with van der Waals surface area (Å²) in [7, 11) is 1.88. The fourth-order valence-corrected chi connectivity index (χ4v) is 2.58. The van der Waals surface area contributed by atoms with Crippen LogP contribution in [0.2, 0.25) is 5.02 Å². The number of benzene rings is 2. The van der Waals surface area contributed by atoms with E-state index in [4.69, 9.17) is 25.8 Å². The third-order valence-electron chi connectivity index (χ3n) is 4.21. The van der Waals surface area contributed by atoms with Crippen LogP contribution in [0.3, 0.4) is 0 Å². The van der Waals surface area contributed by atoms with Gasteiger partial charge in [0.25, 0.3) is 0 Å². The lowest BCUT2D eigenvalue weighted by Crippen LogP contribution is -2.41. The highest BCUT2D eigenvalue weighted by atomic mass is 35.5. The second-order valence-electron chi connectivity index (χ2n) is 6.02. The second kappa shape index (κ2) is 8.29. The first-order valence-electron chi connectivity index (χ1n) is 8.32. The zero-order valence-corrected chi connectivity index (χ0v) is 15.5. The molecule has 1 N–H and O–H groups in total. The summed E-state index contributed by atoms with van der Waals surface area (Å²) >= 11 is 5.85. The van der Waals surface area contributed by atoms with Crippen molar-refractivity contribution in [3.63, 3.8) is 0 Å². The Bertz CT molecular complexity index is 767.